The van der Waals surface area contributed by atoms with Gasteiger partial charge in [-0.15, -0.1) is 0 Å². The van der Waals surface area contributed by atoms with Gasteiger partial charge in [0.15, 0.2) is 0 Å². The molecule has 74 valence electrons. The third-order valence-electron chi connectivity index (χ3n) is 2.74. The Morgan fingerprint density at radius 3 is 2.50 bits per heavy atom. The lowest BCUT2D eigenvalue weighted by Crippen LogP contribution is -2.22. The molecule has 1 aliphatic rings. The lowest BCUT2D eigenvalue weighted by molar-refractivity contribution is 0.259. The highest BCUT2D eigenvalue weighted by Crippen LogP contribution is 2.48. The topological polar surface area (TPSA) is 59.1 Å². The van der Waals surface area contributed by atoms with E-state index in [-0.39, 0.29) is 11.4 Å². The maximum absolute atomic E-state index is 7.02. The minimum atomic E-state index is -0.188. The Balaban J connectivity index is 2.06. The number of ether oxygens (including phenoxy) is 1. The van der Waals surface area contributed by atoms with Crippen molar-refractivity contribution in [2.45, 2.75) is 18.3 Å². The predicted molar refractivity (Wildman–Crippen MR) is 55.2 cm³/mol. The molecule has 0 unspecified atom stereocenters. The second-order valence-electron chi connectivity index (χ2n) is 3.80. The van der Waals surface area contributed by atoms with E-state index in [9.17, 15) is 0 Å². The van der Waals surface area contributed by atoms with Crippen molar-refractivity contribution in [1.82, 2.24) is 0 Å². The van der Waals surface area contributed by atoms with Crippen LogP contribution in [0.25, 0.3) is 0 Å². The number of amidine groups is 1. The zero-order valence-corrected chi connectivity index (χ0v) is 7.99. The largest absolute Gasteiger partial charge is 0.465 e. The first-order valence-corrected chi connectivity index (χ1v) is 4.75. The van der Waals surface area contributed by atoms with Crippen LogP contribution in [-0.4, -0.2) is 12.6 Å². The first kappa shape index (κ1) is 9.06. The third-order valence-corrected chi connectivity index (χ3v) is 2.74. The smallest absolute Gasteiger partial charge is 0.279 e. The van der Waals surface area contributed by atoms with Gasteiger partial charge in [0.05, 0.1) is 0 Å². The molecular formula is C11H14N2O. The van der Waals surface area contributed by atoms with Crippen molar-refractivity contribution in [3.63, 3.8) is 0 Å². The Kier molecular flexibility index (Phi) is 2.15. The molecule has 0 bridgehead atoms. The molecule has 0 aliphatic heterocycles. The molecule has 0 spiro atoms. The normalized spacial score (nSPS) is 17.4. The molecule has 2 rings (SSSR count). The number of benzene rings is 1. The van der Waals surface area contributed by atoms with Crippen molar-refractivity contribution < 1.29 is 4.74 Å². The molecule has 3 heteroatoms. The molecule has 1 fully saturated rings. The first-order chi connectivity index (χ1) is 6.73. The van der Waals surface area contributed by atoms with Crippen molar-refractivity contribution in [3.05, 3.63) is 35.9 Å². The number of hydrogen-bond donors (Lipinski definition) is 2. The molecule has 0 heterocycles. The van der Waals surface area contributed by atoms with Crippen LogP contribution < -0.4 is 5.73 Å². The van der Waals surface area contributed by atoms with Gasteiger partial charge >= 0.3 is 0 Å². The van der Waals surface area contributed by atoms with Crippen LogP contribution in [0.15, 0.2) is 30.3 Å². The summed E-state index contributed by atoms with van der Waals surface area (Å²) < 4.78 is 5.08. The van der Waals surface area contributed by atoms with E-state index < -0.39 is 0 Å². The summed E-state index contributed by atoms with van der Waals surface area (Å²) in [5.74, 6) is 0. The number of rotatable bonds is 3. The van der Waals surface area contributed by atoms with Crippen LogP contribution >= 0.6 is 0 Å². The number of nitrogens with two attached hydrogens (primary N) is 1. The fourth-order valence-corrected chi connectivity index (χ4v) is 1.67. The van der Waals surface area contributed by atoms with Crippen LogP contribution in [0.1, 0.15) is 18.4 Å². The lowest BCUT2D eigenvalue weighted by atomic mass is 9.97. The lowest BCUT2D eigenvalue weighted by Gasteiger charge is -2.15. The van der Waals surface area contributed by atoms with Crippen molar-refractivity contribution >= 4 is 6.02 Å². The molecule has 3 N–H and O–H groups in total. The van der Waals surface area contributed by atoms with Gasteiger partial charge in [0.2, 0.25) is 0 Å². The molecule has 1 aromatic rings. The standard InChI is InChI=1S/C11H14N2O/c12-10(13)14-8-11(6-7-11)9-4-2-1-3-5-9/h1-5H,6-8H2,(H3,12,13). The Bertz CT molecular complexity index is 330. The molecule has 1 aliphatic carbocycles. The van der Waals surface area contributed by atoms with Gasteiger partial charge in [0, 0.05) is 5.41 Å². The average Bonchev–Trinajstić information content (AvgIpc) is 2.97. The van der Waals surface area contributed by atoms with Crippen molar-refractivity contribution in [3.8, 4) is 0 Å². The Morgan fingerprint density at radius 2 is 2.00 bits per heavy atom. The molecule has 14 heavy (non-hydrogen) atoms. The van der Waals surface area contributed by atoms with Crippen LogP contribution in [0, 0.1) is 5.41 Å². The fourth-order valence-electron chi connectivity index (χ4n) is 1.67. The van der Waals surface area contributed by atoms with Crippen LogP contribution in [0.2, 0.25) is 0 Å². The molecule has 3 nitrogen and oxygen atoms in total. The van der Waals surface area contributed by atoms with Crippen molar-refractivity contribution in [2.24, 2.45) is 5.73 Å². The van der Waals surface area contributed by atoms with Gasteiger partial charge in [-0.3, -0.25) is 5.41 Å². The van der Waals surface area contributed by atoms with Gasteiger partial charge in [-0.1, -0.05) is 30.3 Å². The molecule has 1 aromatic carbocycles. The Morgan fingerprint density at radius 1 is 1.36 bits per heavy atom. The summed E-state index contributed by atoms with van der Waals surface area (Å²) in [6, 6.07) is 10.1. The number of hydrogen-bond acceptors (Lipinski definition) is 2. The zero-order chi connectivity index (χ0) is 10.0. The summed E-state index contributed by atoms with van der Waals surface area (Å²) in [7, 11) is 0. The van der Waals surface area contributed by atoms with E-state index in [1.165, 1.54) is 5.56 Å². The van der Waals surface area contributed by atoms with Gasteiger partial charge in [0.1, 0.15) is 6.61 Å². The minimum Gasteiger partial charge on any atom is -0.465 e. The highest BCUT2D eigenvalue weighted by molar-refractivity contribution is 5.67. The van der Waals surface area contributed by atoms with Crippen LogP contribution in [-0.2, 0) is 10.2 Å². The van der Waals surface area contributed by atoms with Crippen molar-refractivity contribution in [2.75, 3.05) is 6.61 Å². The maximum atomic E-state index is 7.02. The monoisotopic (exact) mass is 190 g/mol. The average molecular weight is 190 g/mol. The Labute approximate surface area is 83.4 Å². The van der Waals surface area contributed by atoms with E-state index in [4.69, 9.17) is 15.9 Å². The van der Waals surface area contributed by atoms with Crippen LogP contribution in [0.3, 0.4) is 0 Å². The summed E-state index contributed by atoms with van der Waals surface area (Å²) in [6.45, 7) is 0.534. The second kappa shape index (κ2) is 3.33. The van der Waals surface area contributed by atoms with Crippen LogP contribution in [0.4, 0.5) is 0 Å². The molecule has 0 atom stereocenters. The first-order valence-electron chi connectivity index (χ1n) is 4.75. The Hall–Kier alpha value is -1.51. The van der Waals surface area contributed by atoms with Gasteiger partial charge in [-0.25, -0.2) is 0 Å². The van der Waals surface area contributed by atoms with E-state index >= 15 is 0 Å². The van der Waals surface area contributed by atoms with Crippen LogP contribution in [0.5, 0.6) is 0 Å². The summed E-state index contributed by atoms with van der Waals surface area (Å²) in [6.07, 6.45) is 2.26. The highest BCUT2D eigenvalue weighted by Gasteiger charge is 2.45. The summed E-state index contributed by atoms with van der Waals surface area (Å²) in [5, 5.41) is 7.02. The maximum Gasteiger partial charge on any atom is 0.279 e. The quantitative estimate of drug-likeness (QED) is 0.562. The summed E-state index contributed by atoms with van der Waals surface area (Å²) in [5.41, 5.74) is 6.59. The molecule has 0 saturated heterocycles. The fraction of sp³-hybridized carbons (Fsp3) is 0.364. The van der Waals surface area contributed by atoms with Gasteiger partial charge in [0.25, 0.3) is 6.02 Å². The van der Waals surface area contributed by atoms with Gasteiger partial charge < -0.3 is 10.5 Å². The zero-order valence-electron chi connectivity index (χ0n) is 7.99. The second-order valence-corrected chi connectivity index (χ2v) is 3.80. The molecular weight excluding hydrogens is 176 g/mol. The molecule has 0 radical (unpaired) electrons. The molecule has 0 amide bonds. The van der Waals surface area contributed by atoms with E-state index in [1.54, 1.807) is 0 Å². The van der Waals surface area contributed by atoms with E-state index in [2.05, 4.69) is 12.1 Å². The molecule has 1 saturated carbocycles. The van der Waals surface area contributed by atoms with Gasteiger partial charge in [-0.2, -0.15) is 0 Å². The SMILES string of the molecule is N=C(N)OCC1(c2ccccc2)CC1. The summed E-state index contributed by atoms with van der Waals surface area (Å²) in [4.78, 5) is 0. The minimum absolute atomic E-state index is 0.132. The number of nitrogens with one attached hydrogen (secondary N) is 1. The van der Waals surface area contributed by atoms with E-state index in [0.717, 1.165) is 12.8 Å². The van der Waals surface area contributed by atoms with Crippen molar-refractivity contribution in [1.29, 1.82) is 5.41 Å². The third kappa shape index (κ3) is 1.71. The highest BCUT2D eigenvalue weighted by atomic mass is 16.5. The van der Waals surface area contributed by atoms with E-state index in [1.807, 2.05) is 18.2 Å². The van der Waals surface area contributed by atoms with Gasteiger partial charge in [-0.05, 0) is 18.4 Å². The molecule has 0 aromatic heterocycles. The van der Waals surface area contributed by atoms with E-state index in [0.29, 0.717) is 6.61 Å². The predicted octanol–water partition coefficient (Wildman–Crippen LogP) is 1.63. The summed E-state index contributed by atoms with van der Waals surface area (Å²) >= 11 is 0.